The zero-order valence-corrected chi connectivity index (χ0v) is 17.2. The molecule has 0 spiro atoms. The lowest BCUT2D eigenvalue weighted by Gasteiger charge is -2.14. The van der Waals surface area contributed by atoms with Gasteiger partial charge < -0.3 is 0 Å². The number of thiocyanates is 1. The van der Waals surface area contributed by atoms with Gasteiger partial charge in [-0.2, -0.15) is 5.26 Å². The van der Waals surface area contributed by atoms with Crippen molar-refractivity contribution < 1.29 is 8.78 Å². The fraction of sp³-hybridized carbons (Fsp3) is 0.500. The molecule has 0 aliphatic heterocycles. The van der Waals surface area contributed by atoms with Crippen molar-refractivity contribution in [3.8, 4) is 5.40 Å². The predicted molar refractivity (Wildman–Crippen MR) is 109 cm³/mol. The van der Waals surface area contributed by atoms with Crippen LogP contribution in [0.3, 0.4) is 0 Å². The minimum Gasteiger partial charge on any atom is -0.207 e. The molecule has 26 heavy (non-hydrogen) atoms. The Hall–Kier alpha value is -1.60. The molecule has 0 fully saturated rings. The lowest BCUT2D eigenvalue weighted by molar-refractivity contribution is 0.488. The van der Waals surface area contributed by atoms with E-state index < -0.39 is 5.83 Å². The van der Waals surface area contributed by atoms with Crippen LogP contribution in [0.25, 0.3) is 0 Å². The molecule has 0 bridgehead atoms. The van der Waals surface area contributed by atoms with Gasteiger partial charge >= 0.3 is 0 Å². The third-order valence-corrected chi connectivity index (χ3v) is 5.32. The van der Waals surface area contributed by atoms with E-state index in [2.05, 4.69) is 20.8 Å². The standard InChI is InChI=1S/C22H29F2NS/c1-6-19(18-8-7-9-22(26-14-25)21(24)13-18)20(23)12-17(5)16(4)11-10-15(2)3/h7-8,12-13,15-16H,6,9-11H2,1-5H3/b17-12+,20-19-. The van der Waals surface area contributed by atoms with Crippen molar-refractivity contribution in [3.63, 3.8) is 0 Å². The van der Waals surface area contributed by atoms with E-state index in [4.69, 9.17) is 5.26 Å². The molecular formula is C22H29F2NS. The summed E-state index contributed by atoms with van der Waals surface area (Å²) in [6, 6.07) is 0. The highest BCUT2D eigenvalue weighted by molar-refractivity contribution is 8.07. The van der Waals surface area contributed by atoms with Gasteiger partial charge in [0.2, 0.25) is 0 Å². The minimum absolute atomic E-state index is 0.304. The van der Waals surface area contributed by atoms with Gasteiger partial charge in [-0.1, -0.05) is 51.8 Å². The van der Waals surface area contributed by atoms with Crippen LogP contribution >= 0.6 is 11.8 Å². The molecule has 0 heterocycles. The van der Waals surface area contributed by atoms with Crippen molar-refractivity contribution in [3.05, 3.63) is 57.6 Å². The Kier molecular flexibility index (Phi) is 9.65. The molecule has 0 saturated carbocycles. The number of nitrogens with zero attached hydrogens (tertiary/aromatic N) is 1. The third kappa shape index (κ3) is 6.96. The fourth-order valence-corrected chi connectivity index (χ4v) is 3.19. The molecule has 1 nitrogen and oxygen atoms in total. The molecule has 0 aromatic carbocycles. The smallest absolute Gasteiger partial charge is 0.138 e. The first-order valence-corrected chi connectivity index (χ1v) is 10.0. The van der Waals surface area contributed by atoms with Crippen LogP contribution in [-0.4, -0.2) is 0 Å². The second-order valence-corrected chi connectivity index (χ2v) is 7.99. The SMILES string of the molecule is CC/C(C1=CC(F)=C(SC#N)CC=C1)=C(F)\C=C(/C)C(C)CCC(C)C. The lowest BCUT2D eigenvalue weighted by atomic mass is 9.92. The molecule has 0 radical (unpaired) electrons. The van der Waals surface area contributed by atoms with E-state index in [0.29, 0.717) is 40.7 Å². The van der Waals surface area contributed by atoms with E-state index >= 15 is 0 Å². The van der Waals surface area contributed by atoms with Gasteiger partial charge in [0, 0.05) is 11.3 Å². The number of hydrogen-bond acceptors (Lipinski definition) is 2. The number of halogens is 2. The maximum Gasteiger partial charge on any atom is 0.138 e. The third-order valence-electron chi connectivity index (χ3n) is 4.62. The van der Waals surface area contributed by atoms with Gasteiger partial charge in [0.1, 0.15) is 17.1 Å². The number of rotatable bonds is 8. The molecule has 0 saturated heterocycles. The van der Waals surface area contributed by atoms with E-state index in [1.54, 1.807) is 18.2 Å². The molecule has 1 rings (SSSR count). The maximum absolute atomic E-state index is 14.9. The van der Waals surface area contributed by atoms with Crippen molar-refractivity contribution in [1.82, 2.24) is 0 Å². The Bertz CT molecular complexity index is 687. The summed E-state index contributed by atoms with van der Waals surface area (Å²) in [5.74, 6) is 0.186. The predicted octanol–water partition coefficient (Wildman–Crippen LogP) is 7.92. The second kappa shape index (κ2) is 11.2. The molecule has 142 valence electrons. The van der Waals surface area contributed by atoms with Gasteiger partial charge in [-0.25, -0.2) is 8.78 Å². The van der Waals surface area contributed by atoms with Gasteiger partial charge in [0.05, 0.1) is 0 Å². The first kappa shape index (κ1) is 22.4. The number of allylic oxidation sites excluding steroid dienone is 10. The second-order valence-electron chi connectivity index (χ2n) is 7.11. The normalized spacial score (nSPS) is 17.7. The Morgan fingerprint density at radius 1 is 1.35 bits per heavy atom. The summed E-state index contributed by atoms with van der Waals surface area (Å²) in [7, 11) is 0. The number of hydrogen-bond donors (Lipinski definition) is 0. The monoisotopic (exact) mass is 377 g/mol. The number of thioether (sulfide) groups is 1. The highest BCUT2D eigenvalue weighted by atomic mass is 32.2. The zero-order chi connectivity index (χ0) is 19.7. The van der Waals surface area contributed by atoms with Crippen molar-refractivity contribution in [1.29, 1.82) is 5.26 Å². The summed E-state index contributed by atoms with van der Waals surface area (Å²) in [4.78, 5) is 0.364. The summed E-state index contributed by atoms with van der Waals surface area (Å²) in [5.41, 5.74) is 2.04. The molecule has 4 heteroatoms. The van der Waals surface area contributed by atoms with Crippen LogP contribution in [0, 0.1) is 22.5 Å². The summed E-state index contributed by atoms with van der Waals surface area (Å²) >= 11 is 0.818. The Morgan fingerprint density at radius 3 is 2.62 bits per heavy atom. The van der Waals surface area contributed by atoms with Gasteiger partial charge in [0.25, 0.3) is 0 Å². The largest absolute Gasteiger partial charge is 0.207 e. The highest BCUT2D eigenvalue weighted by Gasteiger charge is 2.14. The van der Waals surface area contributed by atoms with Crippen molar-refractivity contribution >= 4 is 11.8 Å². The first-order valence-electron chi connectivity index (χ1n) is 9.20. The first-order chi connectivity index (χ1) is 12.3. The Balaban J connectivity index is 3.13. The van der Waals surface area contributed by atoms with Gasteiger partial charge in [-0.3, -0.25) is 0 Å². The van der Waals surface area contributed by atoms with Crippen molar-refractivity contribution in [2.75, 3.05) is 0 Å². The molecule has 0 amide bonds. The van der Waals surface area contributed by atoms with Crippen LogP contribution < -0.4 is 0 Å². The van der Waals surface area contributed by atoms with Gasteiger partial charge in [0.15, 0.2) is 0 Å². The van der Waals surface area contributed by atoms with Crippen LogP contribution in [0.15, 0.2) is 57.6 Å². The van der Waals surface area contributed by atoms with E-state index in [1.807, 2.05) is 19.2 Å². The minimum atomic E-state index is -0.457. The summed E-state index contributed by atoms with van der Waals surface area (Å²) in [5, 5.41) is 10.7. The van der Waals surface area contributed by atoms with Crippen LogP contribution in [-0.2, 0) is 0 Å². The van der Waals surface area contributed by atoms with Crippen LogP contribution in [0.5, 0.6) is 0 Å². The van der Waals surface area contributed by atoms with E-state index in [9.17, 15) is 8.78 Å². The summed E-state index contributed by atoms with van der Waals surface area (Å²) in [6.45, 7) is 10.3. The highest BCUT2D eigenvalue weighted by Crippen LogP contribution is 2.32. The van der Waals surface area contributed by atoms with Crippen LogP contribution in [0.1, 0.15) is 60.3 Å². The summed E-state index contributed by atoms with van der Waals surface area (Å²) in [6.07, 6.45) is 9.43. The molecule has 1 aliphatic rings. The number of nitriles is 1. The Morgan fingerprint density at radius 2 is 2.04 bits per heavy atom. The van der Waals surface area contributed by atoms with Crippen molar-refractivity contribution in [2.24, 2.45) is 11.8 Å². The molecule has 1 atom stereocenters. The van der Waals surface area contributed by atoms with E-state index in [0.717, 1.165) is 30.2 Å². The molecular weight excluding hydrogens is 348 g/mol. The molecule has 1 aliphatic carbocycles. The quantitative estimate of drug-likeness (QED) is 0.317. The fourth-order valence-electron chi connectivity index (χ4n) is 2.74. The maximum atomic E-state index is 14.9. The molecule has 0 aromatic rings. The van der Waals surface area contributed by atoms with E-state index in [-0.39, 0.29) is 5.83 Å². The van der Waals surface area contributed by atoms with Gasteiger partial charge in [-0.15, -0.1) is 0 Å². The van der Waals surface area contributed by atoms with Gasteiger partial charge in [-0.05, 0) is 66.7 Å². The molecule has 0 aromatic heterocycles. The topological polar surface area (TPSA) is 23.8 Å². The van der Waals surface area contributed by atoms with Crippen LogP contribution in [0.2, 0.25) is 0 Å². The molecule has 0 N–H and O–H groups in total. The average molecular weight is 378 g/mol. The Labute approximate surface area is 161 Å². The van der Waals surface area contributed by atoms with E-state index in [1.165, 1.54) is 6.08 Å². The average Bonchev–Trinajstić information content (AvgIpc) is 2.75. The van der Waals surface area contributed by atoms with Crippen molar-refractivity contribution in [2.45, 2.75) is 60.3 Å². The van der Waals surface area contributed by atoms with Crippen LogP contribution in [0.4, 0.5) is 8.78 Å². The lowest BCUT2D eigenvalue weighted by Crippen LogP contribution is -2.00. The summed E-state index contributed by atoms with van der Waals surface area (Å²) < 4.78 is 29.2. The molecule has 1 unspecified atom stereocenters. The zero-order valence-electron chi connectivity index (χ0n) is 16.4.